The topological polar surface area (TPSA) is 57.6 Å². The smallest absolute Gasteiger partial charge is 0.256 e. The largest absolute Gasteiger partial charge is 0.378 e. The fourth-order valence-electron chi connectivity index (χ4n) is 2.70. The number of carbonyl (C=O) groups excluding carboxylic acids is 2. The molecule has 2 rings (SSSR count). The van der Waals surface area contributed by atoms with E-state index in [0.717, 1.165) is 12.8 Å². The van der Waals surface area contributed by atoms with Gasteiger partial charge in [0.25, 0.3) is 5.91 Å². The summed E-state index contributed by atoms with van der Waals surface area (Å²) in [7, 11) is 0. The highest BCUT2D eigenvalue weighted by Gasteiger charge is 2.34. The van der Waals surface area contributed by atoms with Gasteiger partial charge in [-0.05, 0) is 24.8 Å². The number of ketones is 1. The van der Waals surface area contributed by atoms with Gasteiger partial charge in [-0.3, -0.25) is 9.59 Å². The molecule has 0 radical (unpaired) electrons. The first-order chi connectivity index (χ1) is 9.65. The molecular formula is C16H21NO3. The van der Waals surface area contributed by atoms with Crippen molar-refractivity contribution in [3.63, 3.8) is 0 Å². The second-order valence-corrected chi connectivity index (χ2v) is 5.18. The molecule has 2 atom stereocenters. The van der Waals surface area contributed by atoms with E-state index in [9.17, 15) is 14.7 Å². The summed E-state index contributed by atoms with van der Waals surface area (Å²) in [5.41, 5.74) is 0.575. The number of Topliss-reactive ketones (excluding diaryl/α,β-unsaturated/α-hetero) is 1. The normalized spacial score (nSPS) is 20.5. The third-order valence-electron chi connectivity index (χ3n) is 3.86. The zero-order valence-electron chi connectivity index (χ0n) is 11.8. The fraction of sp³-hybridized carbons (Fsp3) is 0.500. The Bertz CT molecular complexity index is 472. The van der Waals surface area contributed by atoms with Crippen molar-refractivity contribution < 1.29 is 14.7 Å². The van der Waals surface area contributed by atoms with Gasteiger partial charge in [0.1, 0.15) is 0 Å². The van der Waals surface area contributed by atoms with Crippen LogP contribution < -0.4 is 0 Å². The lowest BCUT2D eigenvalue weighted by Gasteiger charge is -2.36. The van der Waals surface area contributed by atoms with E-state index in [1.165, 1.54) is 0 Å². The highest BCUT2D eigenvalue weighted by atomic mass is 16.3. The van der Waals surface area contributed by atoms with Gasteiger partial charge in [-0.2, -0.15) is 0 Å². The zero-order valence-corrected chi connectivity index (χ0v) is 11.8. The number of amides is 1. The number of rotatable bonds is 4. The molecule has 1 fully saturated rings. The third kappa shape index (κ3) is 3.07. The molecule has 20 heavy (non-hydrogen) atoms. The highest BCUT2D eigenvalue weighted by molar-refractivity contribution is 5.91. The van der Waals surface area contributed by atoms with Crippen molar-refractivity contribution in [2.45, 2.75) is 44.8 Å². The Morgan fingerprint density at radius 2 is 2.00 bits per heavy atom. The molecule has 1 saturated heterocycles. The molecule has 0 aromatic heterocycles. The van der Waals surface area contributed by atoms with Crippen LogP contribution in [0.3, 0.4) is 0 Å². The number of carbonyl (C=O) groups is 2. The maximum Gasteiger partial charge on any atom is 0.256 e. The van der Waals surface area contributed by atoms with Crippen molar-refractivity contribution in [1.82, 2.24) is 4.90 Å². The Labute approximate surface area is 119 Å². The van der Waals surface area contributed by atoms with E-state index in [-0.39, 0.29) is 17.7 Å². The van der Waals surface area contributed by atoms with Gasteiger partial charge >= 0.3 is 0 Å². The summed E-state index contributed by atoms with van der Waals surface area (Å²) in [5.74, 6) is -0.277. The number of benzene rings is 1. The Balaban J connectivity index is 2.15. The molecule has 1 aliphatic rings. The summed E-state index contributed by atoms with van der Waals surface area (Å²) in [4.78, 5) is 26.0. The molecule has 0 unspecified atom stereocenters. The average Bonchev–Trinajstić information content (AvgIpc) is 2.53. The third-order valence-corrected chi connectivity index (χ3v) is 3.86. The first kappa shape index (κ1) is 14.7. The minimum absolute atomic E-state index is 0.0818. The van der Waals surface area contributed by atoms with Gasteiger partial charge < -0.3 is 10.0 Å². The standard InChI is InChI=1S/C16H21NO3/c1-2-14(18)13-10-6-7-11-17(13)16(20)15(19)12-8-4-3-5-9-12/h3-5,8-9,13,15,19H,2,6-7,10-11H2,1H3/t13-,15-/m1/s1. The molecule has 1 amide bonds. The highest BCUT2D eigenvalue weighted by Crippen LogP contribution is 2.24. The van der Waals surface area contributed by atoms with Crippen molar-refractivity contribution in [1.29, 1.82) is 0 Å². The van der Waals surface area contributed by atoms with Crippen LogP contribution in [-0.2, 0) is 9.59 Å². The van der Waals surface area contributed by atoms with Crippen LogP contribution in [0.1, 0.15) is 44.3 Å². The Kier molecular flexibility index (Phi) is 4.90. The number of hydrogen-bond acceptors (Lipinski definition) is 3. The number of hydrogen-bond donors (Lipinski definition) is 1. The van der Waals surface area contributed by atoms with Gasteiger partial charge in [0.15, 0.2) is 11.9 Å². The summed E-state index contributed by atoms with van der Waals surface area (Å²) in [6.45, 7) is 2.37. The average molecular weight is 275 g/mol. The maximum absolute atomic E-state index is 12.5. The van der Waals surface area contributed by atoms with Crippen LogP contribution in [0.25, 0.3) is 0 Å². The van der Waals surface area contributed by atoms with Crippen LogP contribution in [0.5, 0.6) is 0 Å². The van der Waals surface area contributed by atoms with Crippen LogP contribution in [-0.4, -0.2) is 34.3 Å². The lowest BCUT2D eigenvalue weighted by Crippen LogP contribution is -2.49. The van der Waals surface area contributed by atoms with Gasteiger partial charge in [-0.15, -0.1) is 0 Å². The molecule has 1 aromatic rings. The molecule has 0 spiro atoms. The number of likely N-dealkylation sites (tertiary alicyclic amines) is 1. The van der Waals surface area contributed by atoms with Crippen LogP contribution in [0.15, 0.2) is 30.3 Å². The summed E-state index contributed by atoms with van der Waals surface area (Å²) in [5, 5.41) is 10.2. The molecule has 0 aliphatic carbocycles. The number of aliphatic hydroxyl groups is 1. The Morgan fingerprint density at radius 3 is 2.65 bits per heavy atom. The lowest BCUT2D eigenvalue weighted by atomic mass is 9.95. The van der Waals surface area contributed by atoms with Crippen LogP contribution in [0.2, 0.25) is 0 Å². The minimum Gasteiger partial charge on any atom is -0.378 e. The van der Waals surface area contributed by atoms with Crippen molar-refractivity contribution >= 4 is 11.7 Å². The summed E-state index contributed by atoms with van der Waals surface area (Å²) >= 11 is 0. The first-order valence-corrected chi connectivity index (χ1v) is 7.21. The molecule has 108 valence electrons. The predicted octanol–water partition coefficient (Wildman–Crippen LogP) is 2.08. The van der Waals surface area contributed by atoms with E-state index < -0.39 is 6.10 Å². The Hall–Kier alpha value is -1.68. The van der Waals surface area contributed by atoms with Gasteiger partial charge in [0, 0.05) is 13.0 Å². The molecule has 4 nitrogen and oxygen atoms in total. The molecule has 0 bridgehead atoms. The molecule has 1 heterocycles. The van der Waals surface area contributed by atoms with Crippen molar-refractivity contribution in [3.05, 3.63) is 35.9 Å². The monoisotopic (exact) mass is 275 g/mol. The first-order valence-electron chi connectivity index (χ1n) is 7.21. The van der Waals surface area contributed by atoms with E-state index in [2.05, 4.69) is 0 Å². The number of aliphatic hydroxyl groups excluding tert-OH is 1. The van der Waals surface area contributed by atoms with E-state index in [1.54, 1.807) is 29.2 Å². The fourth-order valence-corrected chi connectivity index (χ4v) is 2.70. The zero-order chi connectivity index (χ0) is 14.5. The van der Waals surface area contributed by atoms with E-state index in [4.69, 9.17) is 0 Å². The van der Waals surface area contributed by atoms with Gasteiger partial charge in [0.2, 0.25) is 0 Å². The second kappa shape index (κ2) is 6.66. The summed E-state index contributed by atoms with van der Waals surface area (Å²) < 4.78 is 0. The molecular weight excluding hydrogens is 254 g/mol. The van der Waals surface area contributed by atoms with Crippen molar-refractivity contribution in [2.24, 2.45) is 0 Å². The van der Waals surface area contributed by atoms with Crippen LogP contribution >= 0.6 is 0 Å². The summed E-state index contributed by atoms with van der Waals surface area (Å²) in [6, 6.07) is 8.50. The molecule has 1 N–H and O–H groups in total. The maximum atomic E-state index is 12.5. The van der Waals surface area contributed by atoms with E-state index in [1.807, 2.05) is 13.0 Å². The van der Waals surface area contributed by atoms with Gasteiger partial charge in [0.05, 0.1) is 6.04 Å². The predicted molar refractivity (Wildman–Crippen MR) is 76.1 cm³/mol. The van der Waals surface area contributed by atoms with Crippen molar-refractivity contribution in [3.8, 4) is 0 Å². The lowest BCUT2D eigenvalue weighted by molar-refractivity contribution is -0.148. The summed E-state index contributed by atoms with van der Waals surface area (Å²) in [6.07, 6.45) is 1.81. The van der Waals surface area contributed by atoms with Crippen molar-refractivity contribution in [2.75, 3.05) is 6.54 Å². The second-order valence-electron chi connectivity index (χ2n) is 5.18. The van der Waals surface area contributed by atoms with E-state index >= 15 is 0 Å². The van der Waals surface area contributed by atoms with Crippen LogP contribution in [0, 0.1) is 0 Å². The molecule has 4 heteroatoms. The number of nitrogens with zero attached hydrogens (tertiary/aromatic N) is 1. The molecule has 1 aromatic carbocycles. The van der Waals surface area contributed by atoms with E-state index in [0.29, 0.717) is 24.9 Å². The Morgan fingerprint density at radius 1 is 1.30 bits per heavy atom. The minimum atomic E-state index is -1.18. The quantitative estimate of drug-likeness (QED) is 0.915. The number of piperidine rings is 1. The van der Waals surface area contributed by atoms with Gasteiger partial charge in [-0.1, -0.05) is 37.3 Å². The van der Waals surface area contributed by atoms with Crippen LogP contribution in [0.4, 0.5) is 0 Å². The van der Waals surface area contributed by atoms with Gasteiger partial charge in [-0.25, -0.2) is 0 Å². The SMILES string of the molecule is CCC(=O)[C@H]1CCCCN1C(=O)[C@H](O)c1ccccc1. The molecule has 1 aliphatic heterocycles. The molecule has 0 saturated carbocycles.